The van der Waals surface area contributed by atoms with Gasteiger partial charge in [0.1, 0.15) is 11.2 Å². The van der Waals surface area contributed by atoms with E-state index in [0.717, 1.165) is 88.8 Å². The standard InChI is InChI=1S/C57H42N2O2/c1-33-28-38-22-26-46-50(58(40-24-20-34(2)36(4)30-40)48-16-10-14-44-42-12-6-8-18-52(42)60-56(44)48)32-51(47-27-23-39(29-33)54(38)55(46)47)59(41-25-21-35(3)37(5)31-41)49-17-11-15-45-43-13-7-9-19-53(43)61-57(45)49/h6-32H,1-5H3. The smallest absolute Gasteiger partial charge is 0.159 e. The molecule has 0 saturated carbocycles. The topological polar surface area (TPSA) is 32.8 Å². The van der Waals surface area contributed by atoms with Gasteiger partial charge >= 0.3 is 0 Å². The Morgan fingerprint density at radius 2 is 0.787 bits per heavy atom. The van der Waals surface area contributed by atoms with Crippen molar-refractivity contribution >= 4 is 110 Å². The van der Waals surface area contributed by atoms with Crippen molar-refractivity contribution in [2.45, 2.75) is 34.6 Å². The monoisotopic (exact) mass is 786 g/mol. The molecule has 12 aromatic rings. The summed E-state index contributed by atoms with van der Waals surface area (Å²) in [6.07, 6.45) is 0. The molecular formula is C57H42N2O2. The highest BCUT2D eigenvalue weighted by Gasteiger charge is 2.28. The quantitative estimate of drug-likeness (QED) is 0.157. The van der Waals surface area contributed by atoms with Crippen LogP contribution < -0.4 is 9.80 Å². The molecule has 0 atom stereocenters. The molecule has 0 amide bonds. The first-order valence-corrected chi connectivity index (χ1v) is 21.1. The van der Waals surface area contributed by atoms with E-state index in [-0.39, 0.29) is 0 Å². The van der Waals surface area contributed by atoms with Crippen LogP contribution in [0.2, 0.25) is 0 Å². The van der Waals surface area contributed by atoms with Gasteiger partial charge in [-0.15, -0.1) is 0 Å². The van der Waals surface area contributed by atoms with E-state index >= 15 is 0 Å². The van der Waals surface area contributed by atoms with Gasteiger partial charge in [0.05, 0.1) is 22.7 Å². The number of fused-ring (bicyclic) bond motifs is 6. The predicted octanol–water partition coefficient (Wildman–Crippen LogP) is 16.9. The fourth-order valence-corrected chi connectivity index (χ4v) is 9.77. The first-order chi connectivity index (χ1) is 29.8. The molecule has 10 aromatic carbocycles. The first-order valence-electron chi connectivity index (χ1n) is 21.1. The van der Waals surface area contributed by atoms with E-state index < -0.39 is 0 Å². The van der Waals surface area contributed by atoms with Gasteiger partial charge < -0.3 is 18.6 Å². The molecule has 0 aliphatic carbocycles. The zero-order chi connectivity index (χ0) is 41.1. The third-order valence-electron chi connectivity index (χ3n) is 13.0. The minimum Gasteiger partial charge on any atom is -0.454 e. The lowest BCUT2D eigenvalue weighted by atomic mass is 9.90. The van der Waals surface area contributed by atoms with E-state index in [2.05, 4.69) is 196 Å². The van der Waals surface area contributed by atoms with Gasteiger partial charge in [-0.25, -0.2) is 0 Å². The molecule has 12 rings (SSSR count). The zero-order valence-corrected chi connectivity index (χ0v) is 34.8. The molecule has 4 heteroatoms. The van der Waals surface area contributed by atoms with Crippen molar-refractivity contribution in [2.75, 3.05) is 9.80 Å². The van der Waals surface area contributed by atoms with Crippen LogP contribution in [0.5, 0.6) is 0 Å². The average molecular weight is 787 g/mol. The van der Waals surface area contributed by atoms with Crippen molar-refractivity contribution < 1.29 is 8.83 Å². The van der Waals surface area contributed by atoms with Crippen LogP contribution in [0.3, 0.4) is 0 Å². The summed E-state index contributed by atoms with van der Waals surface area (Å²) in [6, 6.07) is 59.7. The molecule has 4 nitrogen and oxygen atoms in total. The largest absolute Gasteiger partial charge is 0.454 e. The van der Waals surface area contributed by atoms with Gasteiger partial charge in [0, 0.05) is 49.1 Å². The molecule has 0 radical (unpaired) electrons. The normalized spacial score (nSPS) is 12.0. The first kappa shape index (κ1) is 35.4. The molecule has 0 unspecified atom stereocenters. The summed E-state index contributed by atoms with van der Waals surface area (Å²) >= 11 is 0. The van der Waals surface area contributed by atoms with Gasteiger partial charge in [-0.05, 0) is 133 Å². The Morgan fingerprint density at radius 3 is 1.26 bits per heavy atom. The number of hydrogen-bond acceptors (Lipinski definition) is 4. The molecule has 2 aromatic heterocycles. The Morgan fingerprint density at radius 1 is 0.328 bits per heavy atom. The fraction of sp³-hybridized carbons (Fsp3) is 0.0877. The molecule has 0 aliphatic heterocycles. The maximum Gasteiger partial charge on any atom is 0.159 e. The van der Waals surface area contributed by atoms with Crippen molar-refractivity contribution in [1.29, 1.82) is 0 Å². The Kier molecular flexibility index (Phi) is 7.67. The highest BCUT2D eigenvalue weighted by atomic mass is 16.3. The predicted molar refractivity (Wildman–Crippen MR) is 258 cm³/mol. The van der Waals surface area contributed by atoms with E-state index in [1.807, 2.05) is 12.1 Å². The second-order valence-electron chi connectivity index (χ2n) is 16.8. The number of furan rings is 2. The highest BCUT2D eigenvalue weighted by Crippen LogP contribution is 2.53. The number of aryl methyl sites for hydroxylation is 5. The van der Waals surface area contributed by atoms with Crippen LogP contribution in [-0.4, -0.2) is 0 Å². The van der Waals surface area contributed by atoms with Gasteiger partial charge in [-0.2, -0.15) is 0 Å². The Labute approximate surface area is 353 Å². The van der Waals surface area contributed by atoms with Gasteiger partial charge in [-0.3, -0.25) is 0 Å². The lowest BCUT2D eigenvalue weighted by Crippen LogP contribution is -2.15. The van der Waals surface area contributed by atoms with Crippen LogP contribution in [-0.2, 0) is 0 Å². The zero-order valence-electron chi connectivity index (χ0n) is 34.8. The van der Waals surface area contributed by atoms with Crippen LogP contribution in [0, 0.1) is 34.6 Å². The van der Waals surface area contributed by atoms with Crippen molar-refractivity contribution in [3.8, 4) is 0 Å². The van der Waals surface area contributed by atoms with Gasteiger partial charge in [0.15, 0.2) is 11.2 Å². The van der Waals surface area contributed by atoms with E-state index in [1.165, 1.54) is 49.4 Å². The lowest BCUT2D eigenvalue weighted by Gasteiger charge is -2.32. The molecule has 0 N–H and O–H groups in total. The van der Waals surface area contributed by atoms with E-state index in [0.29, 0.717) is 0 Å². The summed E-state index contributed by atoms with van der Waals surface area (Å²) in [5.74, 6) is 0. The van der Waals surface area contributed by atoms with E-state index in [4.69, 9.17) is 8.83 Å². The third kappa shape index (κ3) is 5.31. The van der Waals surface area contributed by atoms with Crippen LogP contribution in [0.15, 0.2) is 173 Å². The fourth-order valence-electron chi connectivity index (χ4n) is 9.77. The Balaban J connectivity index is 1.26. The summed E-state index contributed by atoms with van der Waals surface area (Å²) in [5.41, 5.74) is 15.8. The van der Waals surface area contributed by atoms with Gasteiger partial charge in [0.25, 0.3) is 0 Å². The molecule has 0 saturated heterocycles. The molecule has 2 heterocycles. The molecule has 292 valence electrons. The summed E-state index contributed by atoms with van der Waals surface area (Å²) < 4.78 is 13.7. The molecule has 61 heavy (non-hydrogen) atoms. The minimum atomic E-state index is 0.850. The van der Waals surface area contributed by atoms with E-state index in [9.17, 15) is 0 Å². The van der Waals surface area contributed by atoms with Crippen LogP contribution >= 0.6 is 0 Å². The van der Waals surface area contributed by atoms with Crippen LogP contribution in [0.4, 0.5) is 34.1 Å². The molecule has 0 bridgehead atoms. The van der Waals surface area contributed by atoms with Gasteiger partial charge in [-0.1, -0.05) is 109 Å². The van der Waals surface area contributed by atoms with E-state index in [1.54, 1.807) is 0 Å². The highest BCUT2D eigenvalue weighted by molar-refractivity contribution is 6.29. The number of hydrogen-bond donors (Lipinski definition) is 0. The summed E-state index contributed by atoms with van der Waals surface area (Å²) in [4.78, 5) is 4.86. The number of benzene rings is 10. The van der Waals surface area contributed by atoms with Crippen LogP contribution in [0.25, 0.3) is 76.2 Å². The number of anilines is 6. The van der Waals surface area contributed by atoms with Crippen LogP contribution in [0.1, 0.15) is 27.8 Å². The molecule has 0 aliphatic rings. The Hall–Kier alpha value is -7.56. The van der Waals surface area contributed by atoms with Crippen molar-refractivity contribution in [3.63, 3.8) is 0 Å². The maximum atomic E-state index is 6.85. The second-order valence-corrected chi connectivity index (χ2v) is 16.8. The number of rotatable bonds is 6. The molecular weight excluding hydrogens is 745 g/mol. The average Bonchev–Trinajstić information content (AvgIpc) is 3.85. The lowest BCUT2D eigenvalue weighted by molar-refractivity contribution is 0.669. The number of nitrogens with zero attached hydrogens (tertiary/aromatic N) is 2. The molecule has 0 fully saturated rings. The van der Waals surface area contributed by atoms with Crippen molar-refractivity contribution in [3.05, 3.63) is 192 Å². The Bertz CT molecular complexity index is 3500. The van der Waals surface area contributed by atoms with Crippen molar-refractivity contribution in [1.82, 2.24) is 0 Å². The number of para-hydroxylation sites is 4. The third-order valence-corrected chi connectivity index (χ3v) is 13.0. The molecule has 0 spiro atoms. The minimum absolute atomic E-state index is 0.850. The second kappa shape index (κ2) is 13.2. The summed E-state index contributed by atoms with van der Waals surface area (Å²) in [6.45, 7) is 11.0. The maximum absolute atomic E-state index is 6.85. The van der Waals surface area contributed by atoms with Gasteiger partial charge in [0.2, 0.25) is 0 Å². The van der Waals surface area contributed by atoms with Crippen molar-refractivity contribution in [2.24, 2.45) is 0 Å². The summed E-state index contributed by atoms with van der Waals surface area (Å²) in [7, 11) is 0. The SMILES string of the molecule is Cc1cc2ccc3c(N(c4ccc(C)c(C)c4)c4cccc5c4oc4ccccc45)cc(N(c4ccc(C)c(C)c4)c4cccc5c4oc4ccccc45)c4ccc(c1)c2c34. The summed E-state index contributed by atoms with van der Waals surface area (Å²) in [5, 5.41) is 11.6.